The van der Waals surface area contributed by atoms with E-state index < -0.39 is 5.69 Å². The van der Waals surface area contributed by atoms with E-state index in [0.29, 0.717) is 16.8 Å². The van der Waals surface area contributed by atoms with Gasteiger partial charge in [-0.3, -0.25) is 4.57 Å². The van der Waals surface area contributed by atoms with Gasteiger partial charge < -0.3 is 15.9 Å². The van der Waals surface area contributed by atoms with E-state index in [4.69, 9.17) is 15.9 Å². The number of aliphatic hydroxyl groups excluding tert-OH is 2. The topological polar surface area (TPSA) is 101 Å². The first-order chi connectivity index (χ1) is 8.63. The van der Waals surface area contributed by atoms with Crippen molar-refractivity contribution < 1.29 is 10.2 Å². The van der Waals surface area contributed by atoms with Gasteiger partial charge in [0, 0.05) is 6.20 Å². The zero-order chi connectivity index (χ0) is 13.1. The van der Waals surface area contributed by atoms with Gasteiger partial charge in [0.25, 0.3) is 0 Å². The molecule has 0 atom stereocenters. The van der Waals surface area contributed by atoms with Gasteiger partial charge >= 0.3 is 5.69 Å². The number of hydrogen-bond acceptors (Lipinski definition) is 5. The Morgan fingerprint density at radius 1 is 1.17 bits per heavy atom. The molecule has 0 saturated carbocycles. The highest BCUT2D eigenvalue weighted by molar-refractivity contribution is 5.40. The average Bonchev–Trinajstić information content (AvgIpc) is 2.38. The molecular weight excluding hydrogens is 234 g/mol. The van der Waals surface area contributed by atoms with Gasteiger partial charge in [0.2, 0.25) is 0 Å². The summed E-state index contributed by atoms with van der Waals surface area (Å²) >= 11 is 0. The van der Waals surface area contributed by atoms with Crippen molar-refractivity contribution in [3.8, 4) is 5.69 Å². The van der Waals surface area contributed by atoms with E-state index in [-0.39, 0.29) is 19.0 Å². The molecule has 6 nitrogen and oxygen atoms in total. The molecule has 6 heteroatoms. The second-order valence-electron chi connectivity index (χ2n) is 3.83. The third-order valence-electron chi connectivity index (χ3n) is 2.51. The van der Waals surface area contributed by atoms with E-state index in [0.717, 1.165) is 0 Å². The van der Waals surface area contributed by atoms with E-state index in [1.807, 2.05) is 0 Å². The Bertz CT molecular complexity index is 600. The number of aliphatic hydroxyl groups is 2. The van der Waals surface area contributed by atoms with Crippen LogP contribution in [0.4, 0.5) is 5.82 Å². The minimum atomic E-state index is -0.506. The molecule has 0 amide bonds. The second kappa shape index (κ2) is 4.99. The van der Waals surface area contributed by atoms with Crippen molar-refractivity contribution in [1.29, 1.82) is 0 Å². The molecule has 94 valence electrons. The van der Waals surface area contributed by atoms with Crippen LogP contribution in [-0.4, -0.2) is 19.8 Å². The summed E-state index contributed by atoms with van der Waals surface area (Å²) in [5, 5.41) is 18.3. The molecule has 4 N–H and O–H groups in total. The Kier molecular flexibility index (Phi) is 3.40. The zero-order valence-corrected chi connectivity index (χ0v) is 9.58. The summed E-state index contributed by atoms with van der Waals surface area (Å²) < 4.78 is 1.30. The first-order valence-corrected chi connectivity index (χ1v) is 5.34. The van der Waals surface area contributed by atoms with Gasteiger partial charge in [-0.2, -0.15) is 4.98 Å². The summed E-state index contributed by atoms with van der Waals surface area (Å²) in [7, 11) is 0. The van der Waals surface area contributed by atoms with Crippen molar-refractivity contribution >= 4 is 5.82 Å². The third kappa shape index (κ3) is 2.39. The number of rotatable bonds is 3. The maximum absolute atomic E-state index is 11.7. The number of nitrogens with zero attached hydrogens (tertiary/aromatic N) is 2. The molecule has 0 spiro atoms. The van der Waals surface area contributed by atoms with Crippen LogP contribution in [-0.2, 0) is 13.2 Å². The second-order valence-corrected chi connectivity index (χ2v) is 3.83. The van der Waals surface area contributed by atoms with Crippen LogP contribution < -0.4 is 11.4 Å². The smallest absolute Gasteiger partial charge is 0.354 e. The van der Waals surface area contributed by atoms with Crippen LogP contribution in [0.15, 0.2) is 35.3 Å². The van der Waals surface area contributed by atoms with E-state index >= 15 is 0 Å². The monoisotopic (exact) mass is 247 g/mol. The molecule has 0 aliphatic carbocycles. The molecule has 0 aliphatic rings. The first kappa shape index (κ1) is 12.3. The lowest BCUT2D eigenvalue weighted by Gasteiger charge is -2.09. The van der Waals surface area contributed by atoms with Crippen LogP contribution in [0, 0.1) is 0 Å². The Morgan fingerprint density at radius 2 is 1.78 bits per heavy atom. The van der Waals surface area contributed by atoms with Gasteiger partial charge in [-0.25, -0.2) is 4.79 Å². The number of nitrogens with two attached hydrogens (primary N) is 1. The lowest BCUT2D eigenvalue weighted by Crippen LogP contribution is -2.21. The standard InChI is InChI=1S/C12H13N3O3/c13-11-1-2-15(12(18)14-11)10-4-8(6-16)3-9(5-10)7-17/h1-5,16-17H,6-7H2,(H2,13,14,18). The number of anilines is 1. The molecule has 0 saturated heterocycles. The molecule has 18 heavy (non-hydrogen) atoms. The molecular formula is C12H13N3O3. The molecule has 0 aliphatic heterocycles. The lowest BCUT2D eigenvalue weighted by atomic mass is 10.1. The number of nitrogen functional groups attached to an aromatic ring is 1. The normalized spacial score (nSPS) is 10.6. The highest BCUT2D eigenvalue weighted by Gasteiger charge is 2.05. The molecule has 0 radical (unpaired) electrons. The summed E-state index contributed by atoms with van der Waals surface area (Å²) in [6, 6.07) is 6.47. The Balaban J connectivity index is 2.59. The van der Waals surface area contributed by atoms with Crippen molar-refractivity contribution in [2.45, 2.75) is 13.2 Å². The lowest BCUT2D eigenvalue weighted by molar-refractivity contribution is 0.275. The fourth-order valence-electron chi connectivity index (χ4n) is 1.68. The van der Waals surface area contributed by atoms with Crippen LogP contribution in [0.5, 0.6) is 0 Å². The maximum Gasteiger partial charge on any atom is 0.354 e. The van der Waals surface area contributed by atoms with Crippen LogP contribution >= 0.6 is 0 Å². The van der Waals surface area contributed by atoms with Crippen LogP contribution in [0.1, 0.15) is 11.1 Å². The average molecular weight is 247 g/mol. The van der Waals surface area contributed by atoms with Gasteiger partial charge in [-0.05, 0) is 29.3 Å². The summed E-state index contributed by atoms with van der Waals surface area (Å²) in [4.78, 5) is 15.3. The van der Waals surface area contributed by atoms with Crippen molar-refractivity contribution in [2.24, 2.45) is 0 Å². The predicted octanol–water partition coefficient (Wildman–Crippen LogP) is -0.201. The van der Waals surface area contributed by atoms with Crippen molar-refractivity contribution in [3.05, 3.63) is 52.1 Å². The van der Waals surface area contributed by atoms with Gasteiger partial charge in [-0.1, -0.05) is 6.07 Å². The van der Waals surface area contributed by atoms with Gasteiger partial charge in [-0.15, -0.1) is 0 Å². The highest BCUT2D eigenvalue weighted by Crippen LogP contribution is 2.13. The SMILES string of the molecule is Nc1ccn(-c2cc(CO)cc(CO)c2)c(=O)n1. The van der Waals surface area contributed by atoms with Gasteiger partial charge in [0.1, 0.15) is 5.82 Å². The molecule has 1 aromatic carbocycles. The van der Waals surface area contributed by atoms with E-state index in [1.165, 1.54) is 16.8 Å². The fraction of sp³-hybridized carbons (Fsp3) is 0.167. The van der Waals surface area contributed by atoms with Crippen LogP contribution in [0.3, 0.4) is 0 Å². The number of hydrogen-bond donors (Lipinski definition) is 3. The van der Waals surface area contributed by atoms with Crippen molar-refractivity contribution in [3.63, 3.8) is 0 Å². The summed E-state index contributed by atoms with van der Waals surface area (Å²) in [5.74, 6) is 0.150. The molecule has 1 heterocycles. The van der Waals surface area contributed by atoms with Crippen molar-refractivity contribution in [2.75, 3.05) is 5.73 Å². The van der Waals surface area contributed by atoms with Crippen molar-refractivity contribution in [1.82, 2.24) is 9.55 Å². The van der Waals surface area contributed by atoms with Crippen LogP contribution in [0.2, 0.25) is 0 Å². The molecule has 1 aromatic heterocycles. The number of aromatic nitrogens is 2. The molecule has 2 rings (SSSR count). The van der Waals surface area contributed by atoms with Gasteiger partial charge in [0.15, 0.2) is 0 Å². The minimum Gasteiger partial charge on any atom is -0.392 e. The third-order valence-corrected chi connectivity index (χ3v) is 2.51. The van der Waals surface area contributed by atoms with Gasteiger partial charge in [0.05, 0.1) is 18.9 Å². The zero-order valence-electron chi connectivity index (χ0n) is 9.58. The Hall–Kier alpha value is -2.18. The maximum atomic E-state index is 11.7. The fourth-order valence-corrected chi connectivity index (χ4v) is 1.68. The van der Waals surface area contributed by atoms with Crippen LogP contribution in [0.25, 0.3) is 5.69 Å². The number of benzene rings is 1. The molecule has 0 bridgehead atoms. The Morgan fingerprint density at radius 3 is 2.28 bits per heavy atom. The first-order valence-electron chi connectivity index (χ1n) is 5.34. The van der Waals surface area contributed by atoms with E-state index in [1.54, 1.807) is 18.2 Å². The largest absolute Gasteiger partial charge is 0.392 e. The van der Waals surface area contributed by atoms with E-state index in [2.05, 4.69) is 4.98 Å². The highest BCUT2D eigenvalue weighted by atomic mass is 16.3. The summed E-state index contributed by atoms with van der Waals surface area (Å²) in [6.45, 7) is -0.337. The quantitative estimate of drug-likeness (QED) is 0.697. The minimum absolute atomic E-state index is 0.150. The molecule has 0 unspecified atom stereocenters. The summed E-state index contributed by atoms with van der Waals surface area (Å²) in [6.07, 6.45) is 1.50. The Labute approximate surface area is 103 Å². The van der Waals surface area contributed by atoms with E-state index in [9.17, 15) is 4.79 Å². The molecule has 2 aromatic rings. The molecule has 0 fully saturated rings. The predicted molar refractivity (Wildman–Crippen MR) is 66.1 cm³/mol. The summed E-state index contributed by atoms with van der Waals surface area (Å²) in [5.41, 5.74) is 6.66.